The van der Waals surface area contributed by atoms with Crippen LogP contribution in [0.2, 0.25) is 5.02 Å². The molecule has 8 heteroatoms. The highest BCUT2D eigenvalue weighted by Gasteiger charge is 2.35. The van der Waals surface area contributed by atoms with E-state index in [0.717, 1.165) is 0 Å². The van der Waals surface area contributed by atoms with Crippen LogP contribution in [-0.4, -0.2) is 24.8 Å². The maximum Gasteiger partial charge on any atom is 0.295 e. The minimum absolute atomic E-state index is 0.0128. The third-order valence-corrected chi connectivity index (χ3v) is 3.84. The number of carbonyl (C=O) groups excluding carboxylic acids is 2. The first-order chi connectivity index (χ1) is 7.73. The fourth-order valence-electron chi connectivity index (χ4n) is 1.69. The van der Waals surface area contributed by atoms with E-state index in [4.69, 9.17) is 16.2 Å². The normalized spacial score (nSPS) is 14.8. The minimum Gasteiger partial charge on any atom is -0.288 e. The van der Waals surface area contributed by atoms with Gasteiger partial charge in [0.2, 0.25) is 0 Å². The molecule has 2 amide bonds. The Morgan fingerprint density at radius 3 is 2.41 bits per heavy atom. The second kappa shape index (κ2) is 3.52. The van der Waals surface area contributed by atoms with Crippen molar-refractivity contribution in [1.29, 1.82) is 0 Å². The van der Waals surface area contributed by atoms with Gasteiger partial charge in [0.1, 0.15) is 4.90 Å². The molecule has 90 valence electrons. The molecule has 1 aromatic carbocycles. The quantitative estimate of drug-likeness (QED) is 0.583. The highest BCUT2D eigenvalue weighted by atomic mass is 35.5. The topological polar surface area (TPSA) is 101 Å². The first-order valence-corrected chi connectivity index (χ1v) is 6.21. The van der Waals surface area contributed by atoms with E-state index in [0.29, 0.717) is 0 Å². The van der Waals surface area contributed by atoms with Crippen molar-refractivity contribution in [1.82, 2.24) is 5.32 Å². The second-order valence-corrected chi connectivity index (χ2v) is 5.26. The lowest BCUT2D eigenvalue weighted by Gasteiger charge is -2.08. The Labute approximate surface area is 101 Å². The fraction of sp³-hybridized carbons (Fsp3) is 0.111. The van der Waals surface area contributed by atoms with Crippen LogP contribution < -0.4 is 5.32 Å². The molecule has 0 saturated heterocycles. The smallest absolute Gasteiger partial charge is 0.288 e. The lowest BCUT2D eigenvalue weighted by molar-refractivity contribution is 0.0878. The predicted octanol–water partition coefficient (Wildman–Crippen LogP) is 0.779. The minimum atomic E-state index is -4.64. The number of hydrogen-bond donors (Lipinski definition) is 2. The van der Waals surface area contributed by atoms with Gasteiger partial charge in [0.25, 0.3) is 21.9 Å². The van der Waals surface area contributed by atoms with Gasteiger partial charge >= 0.3 is 0 Å². The lowest BCUT2D eigenvalue weighted by atomic mass is 10.1. The van der Waals surface area contributed by atoms with Crippen molar-refractivity contribution in [3.63, 3.8) is 0 Å². The molecule has 17 heavy (non-hydrogen) atoms. The zero-order valence-electron chi connectivity index (χ0n) is 8.44. The van der Waals surface area contributed by atoms with Crippen LogP contribution in [0.5, 0.6) is 0 Å². The van der Waals surface area contributed by atoms with Crippen molar-refractivity contribution in [3.8, 4) is 0 Å². The summed E-state index contributed by atoms with van der Waals surface area (Å²) >= 11 is 5.75. The van der Waals surface area contributed by atoms with Crippen LogP contribution in [0.1, 0.15) is 26.3 Å². The highest BCUT2D eigenvalue weighted by Crippen LogP contribution is 2.32. The van der Waals surface area contributed by atoms with E-state index in [9.17, 15) is 18.0 Å². The first kappa shape index (κ1) is 12.0. The van der Waals surface area contributed by atoms with E-state index in [-0.39, 0.29) is 21.7 Å². The van der Waals surface area contributed by atoms with Crippen LogP contribution >= 0.6 is 11.6 Å². The fourth-order valence-corrected chi connectivity index (χ4v) is 2.90. The monoisotopic (exact) mass is 275 g/mol. The van der Waals surface area contributed by atoms with Gasteiger partial charge < -0.3 is 0 Å². The summed E-state index contributed by atoms with van der Waals surface area (Å²) in [5.41, 5.74) is -0.490. The molecule has 0 bridgehead atoms. The number of nitrogens with one attached hydrogen (secondary N) is 1. The molecule has 0 unspecified atom stereocenters. The molecule has 2 rings (SSSR count). The van der Waals surface area contributed by atoms with Gasteiger partial charge in [-0.05, 0) is 18.6 Å². The van der Waals surface area contributed by atoms with Crippen molar-refractivity contribution in [3.05, 3.63) is 27.8 Å². The lowest BCUT2D eigenvalue weighted by Crippen LogP contribution is -2.20. The average Bonchev–Trinajstić information content (AvgIpc) is 2.42. The number of halogens is 1. The Morgan fingerprint density at radius 2 is 1.88 bits per heavy atom. The molecule has 0 saturated carbocycles. The molecular formula is C9H6ClNO5S. The molecule has 0 aromatic heterocycles. The van der Waals surface area contributed by atoms with Crippen molar-refractivity contribution in [2.24, 2.45) is 0 Å². The third kappa shape index (κ3) is 1.72. The van der Waals surface area contributed by atoms with Crippen LogP contribution in [0.4, 0.5) is 0 Å². The van der Waals surface area contributed by atoms with Gasteiger partial charge in [-0.25, -0.2) is 0 Å². The van der Waals surface area contributed by atoms with E-state index < -0.39 is 26.8 Å². The zero-order chi connectivity index (χ0) is 13.0. The Bertz CT molecular complexity index is 664. The molecule has 0 spiro atoms. The molecule has 0 atom stereocenters. The van der Waals surface area contributed by atoms with Gasteiger partial charge in [-0.1, -0.05) is 11.6 Å². The van der Waals surface area contributed by atoms with Crippen LogP contribution in [0.3, 0.4) is 0 Å². The highest BCUT2D eigenvalue weighted by molar-refractivity contribution is 7.86. The van der Waals surface area contributed by atoms with E-state index in [1.54, 1.807) is 0 Å². The molecule has 1 aliphatic rings. The van der Waals surface area contributed by atoms with E-state index in [1.165, 1.54) is 13.0 Å². The standard InChI is InChI=1S/C9H6ClNO5S/c1-3-5(10)2-4-6(7(3)17(14,15)16)9(13)11-8(4)12/h2H,1H3,(H,11,12,13)(H,14,15,16). The number of hydrogen-bond acceptors (Lipinski definition) is 4. The van der Waals surface area contributed by atoms with E-state index >= 15 is 0 Å². The molecule has 0 fully saturated rings. The predicted molar refractivity (Wildman–Crippen MR) is 57.8 cm³/mol. The Balaban J connectivity index is 2.98. The third-order valence-electron chi connectivity index (χ3n) is 2.42. The van der Waals surface area contributed by atoms with Gasteiger partial charge in [-0.3, -0.25) is 19.5 Å². The molecule has 1 aliphatic heterocycles. The molecular weight excluding hydrogens is 270 g/mol. The molecule has 1 aromatic rings. The maximum atomic E-state index is 11.5. The van der Waals surface area contributed by atoms with Gasteiger partial charge in [0.05, 0.1) is 11.1 Å². The molecule has 2 N–H and O–H groups in total. The van der Waals surface area contributed by atoms with Crippen LogP contribution in [-0.2, 0) is 10.1 Å². The van der Waals surface area contributed by atoms with Gasteiger partial charge in [-0.15, -0.1) is 0 Å². The van der Waals surface area contributed by atoms with Gasteiger partial charge in [-0.2, -0.15) is 8.42 Å². The van der Waals surface area contributed by atoms with Gasteiger partial charge in [0, 0.05) is 5.02 Å². The van der Waals surface area contributed by atoms with Crippen molar-refractivity contribution in [2.45, 2.75) is 11.8 Å². The van der Waals surface area contributed by atoms with Crippen LogP contribution in [0, 0.1) is 6.92 Å². The molecule has 6 nitrogen and oxygen atoms in total. The van der Waals surface area contributed by atoms with E-state index in [2.05, 4.69) is 0 Å². The summed E-state index contributed by atoms with van der Waals surface area (Å²) in [6.45, 7) is 1.34. The maximum absolute atomic E-state index is 11.5. The number of carbonyl (C=O) groups is 2. The van der Waals surface area contributed by atoms with Gasteiger partial charge in [0.15, 0.2) is 0 Å². The van der Waals surface area contributed by atoms with Crippen molar-refractivity contribution < 1.29 is 22.6 Å². The summed E-state index contributed by atoms with van der Waals surface area (Å²) in [6.07, 6.45) is 0. The largest absolute Gasteiger partial charge is 0.295 e. The first-order valence-electron chi connectivity index (χ1n) is 4.39. The number of rotatable bonds is 1. The average molecular weight is 276 g/mol. The summed E-state index contributed by atoms with van der Waals surface area (Å²) < 4.78 is 31.5. The summed E-state index contributed by atoms with van der Waals surface area (Å²) in [5, 5.41) is 1.92. The molecule has 1 heterocycles. The molecule has 0 aliphatic carbocycles. The summed E-state index contributed by atoms with van der Waals surface area (Å²) in [6, 6.07) is 1.20. The number of fused-ring (bicyclic) bond motifs is 1. The number of imide groups is 1. The van der Waals surface area contributed by atoms with Crippen LogP contribution in [0.25, 0.3) is 0 Å². The summed E-state index contributed by atoms with van der Waals surface area (Å²) in [7, 11) is -4.64. The summed E-state index contributed by atoms with van der Waals surface area (Å²) in [5.74, 6) is -1.60. The molecule has 0 radical (unpaired) electrons. The van der Waals surface area contributed by atoms with E-state index in [1.807, 2.05) is 5.32 Å². The Hall–Kier alpha value is -1.44. The second-order valence-electron chi connectivity index (χ2n) is 3.49. The summed E-state index contributed by atoms with van der Waals surface area (Å²) in [4.78, 5) is 22.2. The Morgan fingerprint density at radius 1 is 1.29 bits per heavy atom. The SMILES string of the molecule is Cc1c(Cl)cc2c(c1S(=O)(=O)O)C(=O)NC2=O. The Kier molecular flexibility index (Phi) is 2.49. The zero-order valence-corrected chi connectivity index (χ0v) is 10.0. The van der Waals surface area contributed by atoms with Crippen molar-refractivity contribution >= 4 is 33.5 Å². The van der Waals surface area contributed by atoms with Crippen molar-refractivity contribution in [2.75, 3.05) is 0 Å². The number of amides is 2. The number of benzene rings is 1. The van der Waals surface area contributed by atoms with Crippen LogP contribution in [0.15, 0.2) is 11.0 Å².